The van der Waals surface area contributed by atoms with Gasteiger partial charge in [-0.15, -0.1) is 0 Å². The van der Waals surface area contributed by atoms with Gasteiger partial charge < -0.3 is 5.73 Å². The molecule has 1 aromatic heterocycles. The van der Waals surface area contributed by atoms with E-state index >= 15 is 0 Å². The zero-order chi connectivity index (χ0) is 15.0. The second kappa shape index (κ2) is 5.69. The van der Waals surface area contributed by atoms with Crippen LogP contribution in [0.15, 0.2) is 0 Å². The van der Waals surface area contributed by atoms with Gasteiger partial charge in [-0.25, -0.2) is 0 Å². The first kappa shape index (κ1) is 15.8. The number of rotatable bonds is 3. The fourth-order valence-corrected chi connectivity index (χ4v) is 3.64. The molecule has 2 N–H and O–H groups in total. The van der Waals surface area contributed by atoms with Gasteiger partial charge in [-0.1, -0.05) is 38.8 Å². The Balaban J connectivity index is 2.18. The summed E-state index contributed by atoms with van der Waals surface area (Å²) < 4.78 is 1.92. The predicted molar refractivity (Wildman–Crippen MR) is 85.1 cm³/mol. The average molecular weight is 298 g/mol. The lowest BCUT2D eigenvalue weighted by molar-refractivity contribution is 0.295. The highest BCUT2D eigenvalue weighted by Crippen LogP contribution is 2.39. The second-order valence-corrected chi connectivity index (χ2v) is 7.62. The summed E-state index contributed by atoms with van der Waals surface area (Å²) in [6.45, 7) is 6.79. The summed E-state index contributed by atoms with van der Waals surface area (Å²) in [5.41, 5.74) is 9.08. The molecule has 4 heteroatoms. The van der Waals surface area contributed by atoms with Crippen molar-refractivity contribution in [1.82, 2.24) is 9.78 Å². The molecule has 0 bridgehead atoms. The third-order valence-electron chi connectivity index (χ3n) is 4.85. The third-order valence-corrected chi connectivity index (χ3v) is 5.29. The Labute approximate surface area is 127 Å². The van der Waals surface area contributed by atoms with Crippen molar-refractivity contribution in [2.45, 2.75) is 71.3 Å². The maximum atomic E-state index is 6.70. The molecule has 1 saturated carbocycles. The van der Waals surface area contributed by atoms with Crippen LogP contribution in [-0.4, -0.2) is 15.3 Å². The Hall–Kier alpha value is -0.540. The number of nitrogens with two attached hydrogens (primary N) is 1. The van der Waals surface area contributed by atoms with Crippen molar-refractivity contribution in [2.75, 3.05) is 0 Å². The fraction of sp³-hybridized carbons (Fsp3) is 0.812. The van der Waals surface area contributed by atoms with Gasteiger partial charge in [-0.2, -0.15) is 5.10 Å². The maximum absolute atomic E-state index is 6.70. The van der Waals surface area contributed by atoms with E-state index in [4.69, 9.17) is 17.3 Å². The van der Waals surface area contributed by atoms with Gasteiger partial charge in [-0.05, 0) is 37.5 Å². The minimum atomic E-state index is -0.129. The van der Waals surface area contributed by atoms with E-state index in [1.807, 2.05) is 11.7 Å². The van der Waals surface area contributed by atoms with Gasteiger partial charge in [0.15, 0.2) is 0 Å². The van der Waals surface area contributed by atoms with Crippen LogP contribution in [0.2, 0.25) is 5.02 Å². The molecule has 1 aliphatic rings. The van der Waals surface area contributed by atoms with Crippen LogP contribution in [-0.2, 0) is 19.9 Å². The number of hydrogen-bond donors (Lipinski definition) is 1. The van der Waals surface area contributed by atoms with Crippen molar-refractivity contribution in [3.05, 3.63) is 16.4 Å². The Morgan fingerprint density at radius 1 is 1.25 bits per heavy atom. The van der Waals surface area contributed by atoms with Gasteiger partial charge in [0.25, 0.3) is 0 Å². The van der Waals surface area contributed by atoms with Gasteiger partial charge in [0.1, 0.15) is 0 Å². The zero-order valence-electron chi connectivity index (χ0n) is 13.3. The molecular formula is C16H28ClN3. The molecule has 20 heavy (non-hydrogen) atoms. The highest BCUT2D eigenvalue weighted by Gasteiger charge is 2.34. The Kier molecular flexibility index (Phi) is 4.50. The van der Waals surface area contributed by atoms with E-state index in [9.17, 15) is 0 Å². The normalized spacial score (nSPS) is 26.5. The minimum Gasteiger partial charge on any atom is -0.325 e. The molecular weight excluding hydrogens is 270 g/mol. The second-order valence-electron chi connectivity index (χ2n) is 7.24. The third kappa shape index (κ3) is 3.37. The topological polar surface area (TPSA) is 43.8 Å². The highest BCUT2D eigenvalue weighted by atomic mass is 35.5. The Morgan fingerprint density at radius 2 is 1.95 bits per heavy atom. The van der Waals surface area contributed by atoms with E-state index in [2.05, 4.69) is 25.9 Å². The summed E-state index contributed by atoms with van der Waals surface area (Å²) in [5, 5.41) is 5.33. The maximum Gasteiger partial charge on any atom is 0.0850 e. The molecule has 0 amide bonds. The fourth-order valence-electron chi connectivity index (χ4n) is 3.28. The molecule has 0 aliphatic heterocycles. The van der Waals surface area contributed by atoms with Crippen molar-refractivity contribution in [3.63, 3.8) is 0 Å². The van der Waals surface area contributed by atoms with Crippen molar-refractivity contribution in [2.24, 2.45) is 18.2 Å². The first-order chi connectivity index (χ1) is 9.26. The molecule has 1 aromatic rings. The molecule has 3 nitrogen and oxygen atoms in total. The van der Waals surface area contributed by atoms with Crippen LogP contribution < -0.4 is 5.73 Å². The summed E-state index contributed by atoms with van der Waals surface area (Å²) in [6.07, 6.45) is 7.54. The molecule has 0 spiro atoms. The molecule has 1 heterocycles. The summed E-state index contributed by atoms with van der Waals surface area (Å²) in [6, 6.07) is 0. The number of nitrogens with zero attached hydrogens (tertiary/aromatic N) is 2. The van der Waals surface area contributed by atoms with Gasteiger partial charge in [0.2, 0.25) is 0 Å². The monoisotopic (exact) mass is 297 g/mol. The van der Waals surface area contributed by atoms with Gasteiger partial charge >= 0.3 is 0 Å². The predicted octanol–water partition coefficient (Wildman–Crippen LogP) is 3.87. The van der Waals surface area contributed by atoms with Crippen LogP contribution in [0.1, 0.15) is 64.3 Å². The van der Waals surface area contributed by atoms with E-state index in [-0.39, 0.29) is 5.54 Å². The zero-order valence-corrected chi connectivity index (χ0v) is 14.1. The summed E-state index contributed by atoms with van der Waals surface area (Å²) >= 11 is 6.47. The molecule has 1 fully saturated rings. The molecule has 114 valence electrons. The quantitative estimate of drug-likeness (QED) is 0.861. The molecule has 0 radical (unpaired) electrons. The number of halogens is 1. The molecule has 0 aromatic carbocycles. The lowest BCUT2D eigenvalue weighted by Gasteiger charge is -2.29. The largest absolute Gasteiger partial charge is 0.325 e. The first-order valence-electron chi connectivity index (χ1n) is 7.75. The molecule has 0 saturated heterocycles. The van der Waals surface area contributed by atoms with E-state index in [0.29, 0.717) is 5.41 Å². The number of hydrogen-bond acceptors (Lipinski definition) is 2. The SMILES string of the molecule is CCc1nn(C)c(CC2(N)CCCC(C)(C)CC2)c1Cl. The standard InChI is InChI=1S/C16H28ClN3/c1-5-12-14(17)13(20(4)19-12)11-16(18)8-6-7-15(2,3)9-10-16/h5-11,18H2,1-4H3. The molecule has 1 unspecified atom stereocenters. The van der Waals surface area contributed by atoms with Crippen molar-refractivity contribution < 1.29 is 0 Å². The average Bonchev–Trinajstić information content (AvgIpc) is 2.54. The smallest absolute Gasteiger partial charge is 0.0850 e. The minimum absolute atomic E-state index is 0.129. The summed E-state index contributed by atoms with van der Waals surface area (Å²) in [4.78, 5) is 0. The number of aryl methyl sites for hydroxylation is 2. The Morgan fingerprint density at radius 3 is 2.55 bits per heavy atom. The van der Waals surface area contributed by atoms with Crippen LogP contribution in [0.25, 0.3) is 0 Å². The van der Waals surface area contributed by atoms with Gasteiger partial charge in [-0.3, -0.25) is 4.68 Å². The lowest BCUT2D eigenvalue weighted by Crippen LogP contribution is -2.42. The van der Waals surface area contributed by atoms with E-state index in [1.165, 1.54) is 19.3 Å². The van der Waals surface area contributed by atoms with Crippen LogP contribution >= 0.6 is 11.6 Å². The summed E-state index contributed by atoms with van der Waals surface area (Å²) in [7, 11) is 1.98. The van der Waals surface area contributed by atoms with Crippen molar-refractivity contribution in [3.8, 4) is 0 Å². The van der Waals surface area contributed by atoms with E-state index in [0.717, 1.165) is 42.1 Å². The van der Waals surface area contributed by atoms with Crippen molar-refractivity contribution in [1.29, 1.82) is 0 Å². The van der Waals surface area contributed by atoms with Crippen molar-refractivity contribution >= 4 is 11.6 Å². The number of aromatic nitrogens is 2. The van der Waals surface area contributed by atoms with E-state index < -0.39 is 0 Å². The van der Waals surface area contributed by atoms with Gasteiger partial charge in [0.05, 0.1) is 16.4 Å². The summed E-state index contributed by atoms with van der Waals surface area (Å²) in [5.74, 6) is 0. The Bertz CT molecular complexity index is 478. The lowest BCUT2D eigenvalue weighted by atomic mass is 9.82. The highest BCUT2D eigenvalue weighted by molar-refractivity contribution is 6.31. The molecule has 1 aliphatic carbocycles. The molecule has 1 atom stereocenters. The van der Waals surface area contributed by atoms with Crippen LogP contribution in [0.4, 0.5) is 0 Å². The van der Waals surface area contributed by atoms with Crippen LogP contribution in [0.3, 0.4) is 0 Å². The van der Waals surface area contributed by atoms with Gasteiger partial charge in [0, 0.05) is 19.0 Å². The molecule has 2 rings (SSSR count). The van der Waals surface area contributed by atoms with E-state index in [1.54, 1.807) is 0 Å². The van der Waals surface area contributed by atoms with Crippen LogP contribution in [0, 0.1) is 5.41 Å². The van der Waals surface area contributed by atoms with Crippen LogP contribution in [0.5, 0.6) is 0 Å². The first-order valence-corrected chi connectivity index (χ1v) is 8.13.